The van der Waals surface area contributed by atoms with E-state index in [9.17, 15) is 4.79 Å². The van der Waals surface area contributed by atoms with E-state index < -0.39 is 0 Å². The molecule has 7 nitrogen and oxygen atoms in total. The summed E-state index contributed by atoms with van der Waals surface area (Å²) >= 11 is 5.97. The van der Waals surface area contributed by atoms with Crippen LogP contribution in [0.15, 0.2) is 67.0 Å². The summed E-state index contributed by atoms with van der Waals surface area (Å²) in [4.78, 5) is 19.5. The first-order valence-corrected chi connectivity index (χ1v) is 13.0. The molecule has 6 rings (SSSR count). The van der Waals surface area contributed by atoms with E-state index in [1.165, 1.54) is 11.1 Å². The number of hydrogen-bond acceptors (Lipinski definition) is 6. The molecule has 2 aliphatic heterocycles. The highest BCUT2D eigenvalue weighted by Gasteiger charge is 2.21. The molecule has 1 aromatic heterocycles. The van der Waals surface area contributed by atoms with Crippen LogP contribution in [0.25, 0.3) is 11.0 Å². The van der Waals surface area contributed by atoms with Gasteiger partial charge in [0.25, 0.3) is 0 Å². The minimum absolute atomic E-state index is 0.222. The molecule has 4 aromatic rings. The molecule has 190 valence electrons. The summed E-state index contributed by atoms with van der Waals surface area (Å²) in [5.74, 6) is 1.23. The summed E-state index contributed by atoms with van der Waals surface area (Å²) in [7, 11) is 0. The minimum atomic E-state index is -0.324. The second-order valence-corrected chi connectivity index (χ2v) is 9.98. The van der Waals surface area contributed by atoms with Crippen molar-refractivity contribution in [2.24, 2.45) is 0 Å². The van der Waals surface area contributed by atoms with E-state index in [-0.39, 0.29) is 18.8 Å². The van der Waals surface area contributed by atoms with Crippen LogP contribution in [0.1, 0.15) is 27.9 Å². The first-order valence-electron chi connectivity index (χ1n) is 12.6. The van der Waals surface area contributed by atoms with Crippen LogP contribution in [0.2, 0.25) is 5.02 Å². The molecule has 0 saturated carbocycles. The van der Waals surface area contributed by atoms with E-state index in [0.717, 1.165) is 68.0 Å². The molecule has 8 heteroatoms. The molecule has 3 heterocycles. The van der Waals surface area contributed by atoms with E-state index in [2.05, 4.69) is 22.0 Å². The van der Waals surface area contributed by atoms with Crippen molar-refractivity contribution >= 4 is 28.6 Å². The fourth-order valence-electron chi connectivity index (χ4n) is 4.79. The Bertz CT molecular complexity index is 1410. The van der Waals surface area contributed by atoms with Gasteiger partial charge in [-0.15, -0.1) is 0 Å². The van der Waals surface area contributed by atoms with Crippen molar-refractivity contribution in [3.8, 4) is 11.5 Å². The van der Waals surface area contributed by atoms with Crippen molar-refractivity contribution in [2.75, 3.05) is 26.4 Å². The van der Waals surface area contributed by atoms with Crippen LogP contribution in [0, 0.1) is 0 Å². The first kappa shape index (κ1) is 24.0. The monoisotopic (exact) mass is 517 g/mol. The highest BCUT2D eigenvalue weighted by molar-refractivity contribution is 6.30. The number of benzene rings is 3. The number of aromatic nitrogens is 2. The predicted molar refractivity (Wildman–Crippen MR) is 141 cm³/mol. The molecule has 0 aliphatic carbocycles. The Morgan fingerprint density at radius 3 is 2.57 bits per heavy atom. The van der Waals surface area contributed by atoms with E-state index in [4.69, 9.17) is 25.8 Å². The average molecular weight is 518 g/mol. The van der Waals surface area contributed by atoms with Crippen LogP contribution in [0.3, 0.4) is 0 Å². The zero-order chi connectivity index (χ0) is 25.2. The van der Waals surface area contributed by atoms with Crippen LogP contribution in [-0.2, 0) is 28.9 Å². The normalized spacial score (nSPS) is 17.6. The summed E-state index contributed by atoms with van der Waals surface area (Å²) < 4.78 is 19.3. The maximum Gasteiger partial charge on any atom is 0.339 e. The second-order valence-electron chi connectivity index (χ2n) is 9.55. The maximum absolute atomic E-state index is 12.9. The number of hydrogen-bond donors (Lipinski definition) is 0. The molecule has 1 fully saturated rings. The summed E-state index contributed by atoms with van der Waals surface area (Å²) in [6.07, 6.45) is 4.84. The maximum atomic E-state index is 12.9. The molecule has 3 aromatic carbocycles. The van der Waals surface area contributed by atoms with Gasteiger partial charge in [0.1, 0.15) is 18.2 Å². The van der Waals surface area contributed by atoms with Gasteiger partial charge in [0.15, 0.2) is 0 Å². The van der Waals surface area contributed by atoms with Gasteiger partial charge < -0.3 is 18.8 Å². The number of esters is 1. The molecule has 1 atom stereocenters. The third-order valence-electron chi connectivity index (χ3n) is 7.05. The van der Waals surface area contributed by atoms with Crippen LogP contribution < -0.4 is 4.74 Å². The lowest BCUT2D eigenvalue weighted by atomic mass is 10.0. The molecule has 2 aliphatic rings. The molecule has 0 radical (unpaired) electrons. The van der Waals surface area contributed by atoms with Crippen molar-refractivity contribution in [1.29, 1.82) is 0 Å². The van der Waals surface area contributed by atoms with Gasteiger partial charge in [-0.05, 0) is 85.0 Å². The quantitative estimate of drug-likeness (QED) is 0.302. The Morgan fingerprint density at radius 2 is 1.78 bits per heavy atom. The van der Waals surface area contributed by atoms with Gasteiger partial charge in [0.2, 0.25) is 0 Å². The summed E-state index contributed by atoms with van der Waals surface area (Å²) in [5, 5.41) is 0.682. The lowest BCUT2D eigenvalue weighted by Gasteiger charge is -2.26. The number of fused-ring (bicyclic) bond motifs is 2. The smallest absolute Gasteiger partial charge is 0.339 e. The number of halogens is 1. The number of carbonyl (C=O) groups is 1. The van der Waals surface area contributed by atoms with Gasteiger partial charge in [0.05, 0.1) is 35.6 Å². The topological polar surface area (TPSA) is 65.8 Å². The lowest BCUT2D eigenvalue weighted by molar-refractivity contribution is -0.0586. The highest BCUT2D eigenvalue weighted by Crippen LogP contribution is 2.27. The molecule has 0 N–H and O–H groups in total. The highest BCUT2D eigenvalue weighted by atomic mass is 35.5. The third kappa shape index (κ3) is 5.49. The molecular formula is C29H28ClN3O4. The zero-order valence-corrected chi connectivity index (χ0v) is 21.2. The van der Waals surface area contributed by atoms with Gasteiger partial charge in [-0.3, -0.25) is 4.90 Å². The molecule has 0 spiro atoms. The Morgan fingerprint density at radius 1 is 1.00 bits per heavy atom. The standard InChI is InChI=1S/C29H28ClN3O4/c30-23-3-6-24(7-4-23)37-25-5-1-20-9-12-32(13-10-21(20)15-25)19-36-29(34)22-2-8-27-28(16-22)33(18-31-27)17-26-11-14-35-26/h1-8,15-16,18,26H,9-14,17,19H2. The molecule has 1 saturated heterocycles. The van der Waals surface area contributed by atoms with Gasteiger partial charge >= 0.3 is 5.97 Å². The van der Waals surface area contributed by atoms with Crippen molar-refractivity contribution < 1.29 is 19.0 Å². The zero-order valence-electron chi connectivity index (χ0n) is 20.4. The molecular weight excluding hydrogens is 490 g/mol. The van der Waals surface area contributed by atoms with Crippen molar-refractivity contribution in [3.05, 3.63) is 88.7 Å². The van der Waals surface area contributed by atoms with Crippen molar-refractivity contribution in [1.82, 2.24) is 14.5 Å². The minimum Gasteiger partial charge on any atom is -0.457 e. The SMILES string of the molecule is O=C(OCN1CCc2ccc(Oc3ccc(Cl)cc3)cc2CC1)c1ccc2ncn(CC3CCO3)c2c1. The number of imidazole rings is 1. The van der Waals surface area contributed by atoms with E-state index in [1.54, 1.807) is 6.07 Å². The van der Waals surface area contributed by atoms with Gasteiger partial charge in [-0.1, -0.05) is 17.7 Å². The fraction of sp³-hybridized carbons (Fsp3) is 0.310. The lowest BCUT2D eigenvalue weighted by Crippen LogP contribution is -2.31. The molecule has 0 bridgehead atoms. The van der Waals surface area contributed by atoms with Crippen molar-refractivity contribution in [3.63, 3.8) is 0 Å². The average Bonchev–Trinajstić information content (AvgIpc) is 3.18. The van der Waals surface area contributed by atoms with Crippen LogP contribution in [-0.4, -0.2) is 53.0 Å². The summed E-state index contributed by atoms with van der Waals surface area (Å²) in [6, 6.07) is 19.1. The number of rotatable bonds is 7. The molecule has 1 unspecified atom stereocenters. The molecule has 37 heavy (non-hydrogen) atoms. The first-order chi connectivity index (χ1) is 18.1. The van der Waals surface area contributed by atoms with Crippen molar-refractivity contribution in [2.45, 2.75) is 31.9 Å². The van der Waals surface area contributed by atoms with Gasteiger partial charge in [0, 0.05) is 24.7 Å². The van der Waals surface area contributed by atoms with Crippen LogP contribution >= 0.6 is 11.6 Å². The Labute approximate surface area is 220 Å². The number of carbonyl (C=O) groups excluding carboxylic acids is 1. The second kappa shape index (κ2) is 10.5. The predicted octanol–water partition coefficient (Wildman–Crippen LogP) is 5.49. The van der Waals surface area contributed by atoms with Crippen LogP contribution in [0.4, 0.5) is 0 Å². The third-order valence-corrected chi connectivity index (χ3v) is 7.30. The molecule has 0 amide bonds. The Hall–Kier alpha value is -3.39. The van der Waals surface area contributed by atoms with E-state index in [0.29, 0.717) is 10.6 Å². The van der Waals surface area contributed by atoms with Gasteiger partial charge in [-0.2, -0.15) is 0 Å². The fourth-order valence-corrected chi connectivity index (χ4v) is 4.92. The number of nitrogens with zero attached hydrogens (tertiary/aromatic N) is 3. The van der Waals surface area contributed by atoms with Gasteiger partial charge in [-0.25, -0.2) is 9.78 Å². The summed E-state index contributed by atoms with van der Waals surface area (Å²) in [5.41, 5.74) is 4.87. The van der Waals surface area contributed by atoms with E-state index >= 15 is 0 Å². The number of ether oxygens (including phenoxy) is 3. The van der Waals surface area contributed by atoms with E-state index in [1.807, 2.05) is 53.4 Å². The Balaban J connectivity index is 1.06. The van der Waals surface area contributed by atoms with Crippen LogP contribution in [0.5, 0.6) is 11.5 Å². The summed E-state index contributed by atoms with van der Waals surface area (Å²) in [6.45, 7) is 3.45. The Kier molecular flexibility index (Phi) is 6.83. The largest absolute Gasteiger partial charge is 0.457 e.